The van der Waals surface area contributed by atoms with E-state index in [1.807, 2.05) is 12.1 Å². The van der Waals surface area contributed by atoms with Gasteiger partial charge in [-0.3, -0.25) is 0 Å². The van der Waals surface area contributed by atoms with Crippen LogP contribution >= 0.6 is 0 Å². The van der Waals surface area contributed by atoms with Gasteiger partial charge in [-0.2, -0.15) is 4.98 Å². The lowest BCUT2D eigenvalue weighted by Gasteiger charge is -2.11. The largest absolute Gasteiger partial charge is 0.476 e. The number of anilines is 2. The second-order valence-corrected chi connectivity index (χ2v) is 7.72. The maximum absolute atomic E-state index is 5.94. The Hall–Kier alpha value is -1.45. The van der Waals surface area contributed by atoms with Gasteiger partial charge in [0.05, 0.1) is 12.3 Å². The summed E-state index contributed by atoms with van der Waals surface area (Å²) < 4.78 is 5.73. The topological polar surface area (TPSA) is 60.2 Å². The maximum Gasteiger partial charge on any atom is 0.239 e. The average Bonchev–Trinajstić information content (AvgIpc) is 3.28. The van der Waals surface area contributed by atoms with E-state index in [-0.39, 0.29) is 0 Å². The third-order valence-corrected chi connectivity index (χ3v) is 5.85. The van der Waals surface area contributed by atoms with E-state index < -0.39 is 0 Å². The number of nitrogen functional groups attached to an aromatic ring is 1. The number of aromatic nitrogens is 1. The first-order valence-electron chi connectivity index (χ1n) is 7.95. The third kappa shape index (κ3) is 2.68. The van der Waals surface area contributed by atoms with Crippen LogP contribution in [0.25, 0.3) is 0 Å². The monoisotopic (exact) mass is 289 g/mol. The minimum Gasteiger partial charge on any atom is -0.476 e. The zero-order valence-corrected chi connectivity index (χ0v) is 13.6. The molecule has 1 aromatic rings. The highest BCUT2D eigenvalue weighted by atomic mass is 16.5. The van der Waals surface area contributed by atoms with Crippen molar-refractivity contribution in [3.05, 3.63) is 12.1 Å². The molecule has 0 atom stereocenters. The summed E-state index contributed by atoms with van der Waals surface area (Å²) in [6.45, 7) is 11.0. The van der Waals surface area contributed by atoms with Crippen LogP contribution in [-0.4, -0.2) is 18.1 Å². The molecule has 2 fully saturated rings. The van der Waals surface area contributed by atoms with Crippen molar-refractivity contribution in [1.29, 1.82) is 0 Å². The minimum atomic E-state index is 0.388. The highest BCUT2D eigenvalue weighted by molar-refractivity contribution is 5.53. The Balaban J connectivity index is 1.59. The standard InChI is InChI=1S/C17H27N3O/c1-16(2)13(17(16,3)4)9-19-14-8-7-12(18)15(20-14)21-10-11-5-6-11/h7-8,11,13H,5-6,9-10,18H2,1-4H3,(H,19,20). The maximum atomic E-state index is 5.94. The molecule has 2 aliphatic carbocycles. The second kappa shape index (κ2) is 4.79. The molecule has 3 N–H and O–H groups in total. The molecule has 0 aliphatic heterocycles. The Morgan fingerprint density at radius 3 is 2.48 bits per heavy atom. The fourth-order valence-corrected chi connectivity index (χ4v) is 3.20. The summed E-state index contributed by atoms with van der Waals surface area (Å²) in [6, 6.07) is 3.81. The van der Waals surface area contributed by atoms with E-state index in [1.54, 1.807) is 0 Å². The highest BCUT2D eigenvalue weighted by Crippen LogP contribution is 2.68. The number of rotatable bonds is 6. The Labute approximate surface area is 127 Å². The van der Waals surface area contributed by atoms with Gasteiger partial charge >= 0.3 is 0 Å². The molecule has 0 amide bonds. The molecule has 0 spiro atoms. The van der Waals surface area contributed by atoms with Crippen LogP contribution < -0.4 is 15.8 Å². The van der Waals surface area contributed by atoms with Gasteiger partial charge < -0.3 is 15.8 Å². The summed E-state index contributed by atoms with van der Waals surface area (Å²) in [5.41, 5.74) is 7.33. The molecular weight excluding hydrogens is 262 g/mol. The number of nitrogens with two attached hydrogens (primary N) is 1. The Bertz CT molecular complexity index is 521. The lowest BCUT2D eigenvalue weighted by atomic mass is 10.0. The summed E-state index contributed by atoms with van der Waals surface area (Å²) in [5, 5.41) is 3.44. The van der Waals surface area contributed by atoms with Crippen molar-refractivity contribution in [3.63, 3.8) is 0 Å². The van der Waals surface area contributed by atoms with E-state index in [4.69, 9.17) is 10.5 Å². The van der Waals surface area contributed by atoms with Crippen molar-refractivity contribution in [2.45, 2.75) is 40.5 Å². The van der Waals surface area contributed by atoms with Crippen molar-refractivity contribution in [2.75, 3.05) is 24.2 Å². The first-order valence-corrected chi connectivity index (χ1v) is 7.95. The molecule has 4 heteroatoms. The number of nitrogens with one attached hydrogen (secondary N) is 1. The van der Waals surface area contributed by atoms with Gasteiger partial charge in [-0.1, -0.05) is 27.7 Å². The van der Waals surface area contributed by atoms with Gasteiger partial charge in [0.2, 0.25) is 5.88 Å². The molecule has 1 heterocycles. The summed E-state index contributed by atoms with van der Waals surface area (Å²) in [7, 11) is 0. The van der Waals surface area contributed by atoms with Gasteiger partial charge in [-0.05, 0) is 47.6 Å². The molecule has 0 bridgehead atoms. The molecule has 116 valence electrons. The van der Waals surface area contributed by atoms with Crippen LogP contribution in [0.3, 0.4) is 0 Å². The normalized spacial score (nSPS) is 22.9. The molecule has 2 saturated carbocycles. The predicted molar refractivity (Wildman–Crippen MR) is 86.4 cm³/mol. The van der Waals surface area contributed by atoms with Crippen molar-refractivity contribution >= 4 is 11.5 Å². The highest BCUT2D eigenvalue weighted by Gasteiger charge is 2.64. The van der Waals surface area contributed by atoms with E-state index in [1.165, 1.54) is 12.8 Å². The van der Waals surface area contributed by atoms with E-state index in [0.29, 0.717) is 34.2 Å². The Morgan fingerprint density at radius 2 is 1.90 bits per heavy atom. The van der Waals surface area contributed by atoms with Crippen LogP contribution in [-0.2, 0) is 0 Å². The van der Waals surface area contributed by atoms with Gasteiger partial charge in [-0.25, -0.2) is 0 Å². The van der Waals surface area contributed by atoms with Crippen LogP contribution in [0, 0.1) is 22.7 Å². The Kier molecular flexibility index (Phi) is 3.30. The predicted octanol–water partition coefficient (Wildman–Crippen LogP) is 3.55. The SMILES string of the molecule is CC1(C)C(CNc2ccc(N)c(OCC3CC3)n2)C1(C)C. The van der Waals surface area contributed by atoms with Gasteiger partial charge in [0.15, 0.2) is 0 Å². The molecule has 1 aromatic heterocycles. The molecular formula is C17H27N3O. The molecule has 0 saturated heterocycles. The van der Waals surface area contributed by atoms with E-state index >= 15 is 0 Å². The minimum absolute atomic E-state index is 0.388. The van der Waals surface area contributed by atoms with Gasteiger partial charge in [0, 0.05) is 6.54 Å². The lowest BCUT2D eigenvalue weighted by Crippen LogP contribution is -2.11. The average molecular weight is 289 g/mol. The number of nitrogens with zero attached hydrogens (tertiary/aromatic N) is 1. The quantitative estimate of drug-likeness (QED) is 0.841. The van der Waals surface area contributed by atoms with Gasteiger partial charge in [-0.15, -0.1) is 0 Å². The van der Waals surface area contributed by atoms with E-state index in [0.717, 1.165) is 19.0 Å². The van der Waals surface area contributed by atoms with E-state index in [9.17, 15) is 0 Å². The number of ether oxygens (including phenoxy) is 1. The van der Waals surface area contributed by atoms with E-state index in [2.05, 4.69) is 38.0 Å². The molecule has 3 rings (SSSR count). The molecule has 21 heavy (non-hydrogen) atoms. The number of hydrogen-bond acceptors (Lipinski definition) is 4. The zero-order valence-electron chi connectivity index (χ0n) is 13.6. The van der Waals surface area contributed by atoms with Crippen LogP contribution in [0.1, 0.15) is 40.5 Å². The molecule has 4 nitrogen and oxygen atoms in total. The van der Waals surface area contributed by atoms with Crippen molar-refractivity contribution in [3.8, 4) is 5.88 Å². The summed E-state index contributed by atoms with van der Waals surface area (Å²) >= 11 is 0. The second-order valence-electron chi connectivity index (χ2n) is 7.72. The molecule has 0 radical (unpaired) electrons. The van der Waals surface area contributed by atoms with Crippen LogP contribution in [0.5, 0.6) is 5.88 Å². The third-order valence-electron chi connectivity index (χ3n) is 5.85. The number of pyridine rings is 1. The fourth-order valence-electron chi connectivity index (χ4n) is 3.20. The first kappa shape index (κ1) is 14.5. The number of hydrogen-bond donors (Lipinski definition) is 2. The molecule has 2 aliphatic rings. The Morgan fingerprint density at radius 1 is 1.24 bits per heavy atom. The van der Waals surface area contributed by atoms with Crippen LogP contribution in [0.15, 0.2) is 12.1 Å². The summed E-state index contributed by atoms with van der Waals surface area (Å²) in [6.07, 6.45) is 2.54. The van der Waals surface area contributed by atoms with Crippen LogP contribution in [0.4, 0.5) is 11.5 Å². The summed E-state index contributed by atoms with van der Waals surface area (Å²) in [5.74, 6) is 2.80. The van der Waals surface area contributed by atoms with Gasteiger partial charge in [0.25, 0.3) is 0 Å². The zero-order chi connectivity index (χ0) is 15.3. The van der Waals surface area contributed by atoms with Crippen LogP contribution in [0.2, 0.25) is 0 Å². The first-order chi connectivity index (χ1) is 9.82. The van der Waals surface area contributed by atoms with Gasteiger partial charge in [0.1, 0.15) is 5.82 Å². The van der Waals surface area contributed by atoms with Crippen molar-refractivity contribution in [1.82, 2.24) is 4.98 Å². The van der Waals surface area contributed by atoms with Crippen molar-refractivity contribution in [2.24, 2.45) is 22.7 Å². The molecule has 0 aromatic carbocycles. The van der Waals surface area contributed by atoms with Crippen molar-refractivity contribution < 1.29 is 4.74 Å². The molecule has 0 unspecified atom stereocenters. The lowest BCUT2D eigenvalue weighted by molar-refractivity contribution is 0.290. The smallest absolute Gasteiger partial charge is 0.239 e. The summed E-state index contributed by atoms with van der Waals surface area (Å²) in [4.78, 5) is 4.51. The fraction of sp³-hybridized carbons (Fsp3) is 0.706.